The summed E-state index contributed by atoms with van der Waals surface area (Å²) in [6.45, 7) is 0. The van der Waals surface area contributed by atoms with Crippen molar-refractivity contribution in [2.75, 3.05) is 17.7 Å². The number of hydrogen-bond donors (Lipinski definition) is 3. The maximum absolute atomic E-state index is 12.6. The number of nitrogens with one attached hydrogen (secondary N) is 3. The summed E-state index contributed by atoms with van der Waals surface area (Å²) >= 11 is 0. The molecule has 4 rings (SSSR count). The van der Waals surface area contributed by atoms with Gasteiger partial charge in [0.2, 0.25) is 11.8 Å². The van der Waals surface area contributed by atoms with Gasteiger partial charge in [-0.05, 0) is 62.6 Å². The zero-order chi connectivity index (χ0) is 20.2. The first-order chi connectivity index (χ1) is 14.1. The number of benzene rings is 1. The highest BCUT2D eigenvalue weighted by molar-refractivity contribution is 5.96. The Morgan fingerprint density at radius 1 is 1.03 bits per heavy atom. The summed E-state index contributed by atoms with van der Waals surface area (Å²) in [7, 11) is 1.59. The van der Waals surface area contributed by atoms with Crippen LogP contribution in [0.4, 0.5) is 11.4 Å². The van der Waals surface area contributed by atoms with E-state index in [1.54, 1.807) is 13.2 Å². The van der Waals surface area contributed by atoms with Gasteiger partial charge in [-0.2, -0.15) is 0 Å². The Bertz CT molecular complexity index is 739. The summed E-state index contributed by atoms with van der Waals surface area (Å²) in [5.74, 6) is 1.24. The van der Waals surface area contributed by atoms with Crippen LogP contribution in [0.25, 0.3) is 0 Å². The van der Waals surface area contributed by atoms with Gasteiger partial charge in [0.05, 0.1) is 12.8 Å². The number of anilines is 2. The summed E-state index contributed by atoms with van der Waals surface area (Å²) < 4.78 is 5.41. The van der Waals surface area contributed by atoms with E-state index in [1.807, 2.05) is 12.1 Å². The molecule has 0 spiro atoms. The molecular weight excluding hydrogens is 402 g/mol. The number of carbonyl (C=O) groups excluding carboxylic acids is 2. The number of carbonyl (C=O) groups is 2. The first-order valence-electron chi connectivity index (χ1n) is 11.2. The normalized spacial score (nSPS) is 25.8. The average Bonchev–Trinajstić information content (AvgIpc) is 3.07. The van der Waals surface area contributed by atoms with Crippen molar-refractivity contribution in [1.82, 2.24) is 5.32 Å². The monoisotopic (exact) mass is 435 g/mol. The molecule has 1 aromatic carbocycles. The molecule has 2 atom stereocenters. The fourth-order valence-electron chi connectivity index (χ4n) is 5.30. The minimum Gasteiger partial charge on any atom is -0.495 e. The topological polar surface area (TPSA) is 79.5 Å². The maximum Gasteiger partial charge on any atom is 0.227 e. The molecule has 2 unspecified atom stereocenters. The van der Waals surface area contributed by atoms with Crippen LogP contribution in [0.2, 0.25) is 0 Å². The Hall–Kier alpha value is -1.79. The van der Waals surface area contributed by atoms with Crippen LogP contribution in [0.1, 0.15) is 64.2 Å². The van der Waals surface area contributed by atoms with Gasteiger partial charge in [-0.1, -0.05) is 19.3 Å². The van der Waals surface area contributed by atoms with Crippen molar-refractivity contribution in [3.63, 3.8) is 0 Å². The quantitative estimate of drug-likeness (QED) is 0.614. The van der Waals surface area contributed by atoms with Crippen molar-refractivity contribution in [2.24, 2.45) is 11.8 Å². The molecule has 3 fully saturated rings. The van der Waals surface area contributed by atoms with Gasteiger partial charge in [-0.3, -0.25) is 9.59 Å². The van der Waals surface area contributed by atoms with Crippen LogP contribution < -0.4 is 20.7 Å². The fourth-order valence-corrected chi connectivity index (χ4v) is 5.30. The van der Waals surface area contributed by atoms with Crippen LogP contribution in [-0.2, 0) is 9.59 Å². The van der Waals surface area contributed by atoms with Gasteiger partial charge in [0.25, 0.3) is 0 Å². The third-order valence-electron chi connectivity index (χ3n) is 6.76. The summed E-state index contributed by atoms with van der Waals surface area (Å²) in [5, 5.41) is 9.66. The van der Waals surface area contributed by atoms with Crippen LogP contribution >= 0.6 is 12.4 Å². The molecule has 2 amide bonds. The zero-order valence-corrected chi connectivity index (χ0v) is 18.6. The van der Waals surface area contributed by atoms with Crippen molar-refractivity contribution in [3.8, 4) is 5.75 Å². The minimum atomic E-state index is 0. The third-order valence-corrected chi connectivity index (χ3v) is 6.76. The predicted molar refractivity (Wildman–Crippen MR) is 121 cm³/mol. The Balaban J connectivity index is 0.00000256. The molecule has 2 heterocycles. The molecule has 3 aliphatic rings. The molecule has 0 radical (unpaired) electrons. The van der Waals surface area contributed by atoms with Gasteiger partial charge in [0.15, 0.2) is 0 Å². The molecule has 7 heteroatoms. The van der Waals surface area contributed by atoms with Gasteiger partial charge in [-0.25, -0.2) is 0 Å². The summed E-state index contributed by atoms with van der Waals surface area (Å²) in [5.41, 5.74) is 1.33. The van der Waals surface area contributed by atoms with E-state index in [0.717, 1.165) is 38.5 Å². The molecular formula is C23H34ClN3O3. The lowest BCUT2D eigenvalue weighted by atomic mass is 9.88. The van der Waals surface area contributed by atoms with E-state index in [0.29, 0.717) is 41.5 Å². The summed E-state index contributed by atoms with van der Waals surface area (Å²) in [6.07, 6.45) is 10.6. The zero-order valence-electron chi connectivity index (χ0n) is 17.7. The largest absolute Gasteiger partial charge is 0.495 e. The Morgan fingerprint density at radius 2 is 1.73 bits per heavy atom. The molecule has 1 aliphatic carbocycles. The van der Waals surface area contributed by atoms with E-state index in [-0.39, 0.29) is 30.1 Å². The molecule has 2 aliphatic heterocycles. The fraction of sp³-hybridized carbons (Fsp3) is 0.652. The first kappa shape index (κ1) is 22.9. The van der Waals surface area contributed by atoms with E-state index in [2.05, 4.69) is 16.0 Å². The standard InChI is InChI=1S/C23H33N3O3.ClH/c1-29-21-10-9-19(14-20(21)26-23(28)16-5-3-2-4-6-16)25-22(27)13-15-11-17-7-8-18(12-15)24-17;/h9-10,14-18,24H,2-8,11-13H2,1H3,(H,25,27)(H,26,28);1H. The summed E-state index contributed by atoms with van der Waals surface area (Å²) in [6, 6.07) is 6.63. The number of rotatable bonds is 6. The maximum atomic E-state index is 12.6. The molecule has 6 nitrogen and oxygen atoms in total. The Morgan fingerprint density at radius 3 is 2.40 bits per heavy atom. The number of halogens is 1. The van der Waals surface area contributed by atoms with Crippen LogP contribution in [0, 0.1) is 11.8 Å². The second-order valence-electron chi connectivity index (χ2n) is 8.97. The molecule has 2 bridgehead atoms. The number of ether oxygens (including phenoxy) is 1. The van der Waals surface area contributed by atoms with Gasteiger partial charge in [-0.15, -0.1) is 12.4 Å². The van der Waals surface area contributed by atoms with Crippen LogP contribution in [0.15, 0.2) is 18.2 Å². The summed E-state index contributed by atoms with van der Waals surface area (Å²) in [4.78, 5) is 25.2. The SMILES string of the molecule is COc1ccc(NC(=O)CC2CC3CCC(C2)N3)cc1NC(=O)C1CCCCC1.Cl. The smallest absolute Gasteiger partial charge is 0.227 e. The van der Waals surface area contributed by atoms with E-state index in [9.17, 15) is 9.59 Å². The van der Waals surface area contributed by atoms with E-state index < -0.39 is 0 Å². The molecule has 0 aromatic heterocycles. The molecule has 1 aromatic rings. The van der Waals surface area contributed by atoms with Gasteiger partial charge in [0.1, 0.15) is 5.75 Å². The third kappa shape index (κ3) is 5.67. The highest BCUT2D eigenvalue weighted by atomic mass is 35.5. The first-order valence-corrected chi connectivity index (χ1v) is 11.2. The van der Waals surface area contributed by atoms with Gasteiger partial charge in [0, 0.05) is 30.1 Å². The van der Waals surface area contributed by atoms with Crippen LogP contribution in [0.5, 0.6) is 5.75 Å². The number of fused-ring (bicyclic) bond motifs is 2. The Kier molecular flexibility index (Phi) is 8.00. The molecule has 30 heavy (non-hydrogen) atoms. The van der Waals surface area contributed by atoms with Gasteiger partial charge >= 0.3 is 0 Å². The number of amides is 2. The molecule has 3 N–H and O–H groups in total. The highest BCUT2D eigenvalue weighted by Crippen LogP contribution is 2.34. The highest BCUT2D eigenvalue weighted by Gasteiger charge is 2.34. The molecule has 2 saturated heterocycles. The van der Waals surface area contributed by atoms with Crippen molar-refractivity contribution < 1.29 is 14.3 Å². The van der Waals surface area contributed by atoms with Gasteiger partial charge < -0.3 is 20.7 Å². The second kappa shape index (κ2) is 10.5. The lowest BCUT2D eigenvalue weighted by Crippen LogP contribution is -2.39. The predicted octanol–water partition coefficient (Wildman–Crippen LogP) is 4.50. The van der Waals surface area contributed by atoms with Crippen molar-refractivity contribution >= 4 is 35.6 Å². The number of hydrogen-bond acceptors (Lipinski definition) is 4. The second-order valence-corrected chi connectivity index (χ2v) is 8.97. The lowest BCUT2D eigenvalue weighted by Gasteiger charge is -2.28. The van der Waals surface area contributed by atoms with Crippen LogP contribution in [-0.4, -0.2) is 31.0 Å². The van der Waals surface area contributed by atoms with E-state index in [1.165, 1.54) is 19.3 Å². The molecule has 1 saturated carbocycles. The van der Waals surface area contributed by atoms with Crippen molar-refractivity contribution in [3.05, 3.63) is 18.2 Å². The molecule has 166 valence electrons. The van der Waals surface area contributed by atoms with Crippen LogP contribution in [0.3, 0.4) is 0 Å². The van der Waals surface area contributed by atoms with E-state index in [4.69, 9.17) is 4.74 Å². The number of piperidine rings is 1. The lowest BCUT2D eigenvalue weighted by molar-refractivity contribution is -0.120. The minimum absolute atomic E-state index is 0. The number of methoxy groups -OCH3 is 1. The Labute approximate surface area is 185 Å². The van der Waals surface area contributed by atoms with Crippen molar-refractivity contribution in [2.45, 2.75) is 76.3 Å². The van der Waals surface area contributed by atoms with E-state index >= 15 is 0 Å². The average molecular weight is 436 g/mol. The van der Waals surface area contributed by atoms with Crippen molar-refractivity contribution in [1.29, 1.82) is 0 Å².